The van der Waals surface area contributed by atoms with E-state index in [-0.39, 0.29) is 27.8 Å². The van der Waals surface area contributed by atoms with Gasteiger partial charge >= 0.3 is 0 Å². The molecule has 0 aliphatic rings. The molecule has 198 valence electrons. The third-order valence-electron chi connectivity index (χ3n) is 5.78. The summed E-state index contributed by atoms with van der Waals surface area (Å²) in [5.74, 6) is -0.147. The predicted molar refractivity (Wildman–Crippen MR) is 143 cm³/mol. The van der Waals surface area contributed by atoms with Gasteiger partial charge in [-0.05, 0) is 41.5 Å². The zero-order chi connectivity index (χ0) is 27.5. The second kappa shape index (κ2) is 10.9. The van der Waals surface area contributed by atoms with E-state index in [1.807, 2.05) is 6.07 Å². The number of nitrogens with zero attached hydrogens (tertiary/aromatic N) is 1. The van der Waals surface area contributed by atoms with E-state index in [1.54, 1.807) is 54.6 Å². The number of alkyl halides is 2. The largest absolute Gasteiger partial charge is 0.493 e. The molecule has 0 saturated heterocycles. The number of nitrogens with two attached hydrogens (primary N) is 1. The Morgan fingerprint density at radius 1 is 1.05 bits per heavy atom. The number of aromatic nitrogens is 1. The fraction of sp³-hybridized carbons (Fsp3) is 0.107. The number of thiophene rings is 1. The van der Waals surface area contributed by atoms with E-state index in [4.69, 9.17) is 19.6 Å². The van der Waals surface area contributed by atoms with E-state index in [0.29, 0.717) is 33.8 Å². The minimum absolute atomic E-state index is 0.0271. The second-order valence-corrected chi connectivity index (χ2v) is 9.27. The van der Waals surface area contributed by atoms with Crippen molar-refractivity contribution in [2.45, 2.75) is 13.0 Å². The van der Waals surface area contributed by atoms with Crippen LogP contribution in [0.5, 0.6) is 11.5 Å². The molecule has 0 fully saturated rings. The molecule has 3 N–H and O–H groups in total. The number of hydrogen-bond donors (Lipinski definition) is 2. The van der Waals surface area contributed by atoms with E-state index in [2.05, 4.69) is 10.3 Å². The van der Waals surface area contributed by atoms with Crippen LogP contribution in [0.25, 0.3) is 21.3 Å². The van der Waals surface area contributed by atoms with E-state index in [1.165, 1.54) is 19.2 Å². The van der Waals surface area contributed by atoms with Gasteiger partial charge in [0.2, 0.25) is 0 Å². The maximum Gasteiger partial charge on any atom is 0.291 e. The van der Waals surface area contributed by atoms with Gasteiger partial charge in [0.25, 0.3) is 18.2 Å². The first-order valence-electron chi connectivity index (χ1n) is 11.6. The van der Waals surface area contributed by atoms with Gasteiger partial charge in [-0.25, -0.2) is 13.8 Å². The van der Waals surface area contributed by atoms with Crippen LogP contribution in [-0.2, 0) is 6.61 Å². The molecule has 8 nitrogen and oxygen atoms in total. The topological polar surface area (TPSA) is 117 Å². The summed E-state index contributed by atoms with van der Waals surface area (Å²) in [6.45, 7) is 0.0278. The number of amides is 2. The summed E-state index contributed by atoms with van der Waals surface area (Å²) in [7, 11) is 1.53. The third-order valence-corrected chi connectivity index (χ3v) is 6.88. The molecule has 0 bridgehead atoms. The molecule has 3 aromatic heterocycles. The van der Waals surface area contributed by atoms with Crippen molar-refractivity contribution in [3.05, 3.63) is 94.9 Å². The molecule has 39 heavy (non-hydrogen) atoms. The van der Waals surface area contributed by atoms with Crippen LogP contribution in [0.4, 0.5) is 14.5 Å². The summed E-state index contributed by atoms with van der Waals surface area (Å²) in [5.41, 5.74) is 6.19. The average molecular weight is 550 g/mol. The van der Waals surface area contributed by atoms with Gasteiger partial charge < -0.3 is 24.9 Å². The maximum absolute atomic E-state index is 13.7. The molecule has 11 heteroatoms. The Labute approximate surface area is 225 Å². The highest BCUT2D eigenvalue weighted by molar-refractivity contribution is 7.21. The molecule has 5 rings (SSSR count). The van der Waals surface area contributed by atoms with Crippen LogP contribution in [0, 0.1) is 0 Å². The van der Waals surface area contributed by atoms with Crippen LogP contribution in [0.15, 0.2) is 77.2 Å². The lowest BCUT2D eigenvalue weighted by Gasteiger charge is -2.10. The number of anilines is 1. The quantitative estimate of drug-likeness (QED) is 0.219. The Bertz CT molecular complexity index is 1670. The highest BCUT2D eigenvalue weighted by Gasteiger charge is 2.26. The standard InChI is InChI=1S/C28H21F2N3O5S/c1-36-19-9-5-6-10-20(19)37-14-16-11-12-21(38-16)27(35)33-23-22-17(15-7-3-2-4-8-15)13-18(25(29)30)32-28(22)39-24(23)26(31)34/h2-13,25H,14H2,1H3,(H2,31,34)(H,33,35). The predicted octanol–water partition coefficient (Wildman–Crippen LogP) is 6.43. The Morgan fingerprint density at radius 2 is 1.77 bits per heavy atom. The summed E-state index contributed by atoms with van der Waals surface area (Å²) in [5, 5.41) is 3.01. The van der Waals surface area contributed by atoms with Crippen molar-refractivity contribution in [3.63, 3.8) is 0 Å². The molecule has 0 spiro atoms. The summed E-state index contributed by atoms with van der Waals surface area (Å²) < 4.78 is 44.0. The van der Waals surface area contributed by atoms with Gasteiger partial charge in [-0.15, -0.1) is 11.3 Å². The van der Waals surface area contributed by atoms with Gasteiger partial charge in [0.15, 0.2) is 17.3 Å². The van der Waals surface area contributed by atoms with Crippen molar-refractivity contribution >= 4 is 39.1 Å². The number of halogens is 2. The summed E-state index contributed by atoms with van der Waals surface area (Å²) in [4.78, 5) is 29.6. The van der Waals surface area contributed by atoms with Crippen molar-refractivity contribution in [1.82, 2.24) is 4.98 Å². The number of furan rings is 1. The van der Waals surface area contributed by atoms with Crippen LogP contribution in [-0.4, -0.2) is 23.9 Å². The van der Waals surface area contributed by atoms with Crippen LogP contribution < -0.4 is 20.5 Å². The SMILES string of the molecule is COc1ccccc1OCc1ccc(C(=O)Nc2c(C(N)=O)sc3nc(C(F)F)cc(-c4ccccc4)c23)o1. The van der Waals surface area contributed by atoms with Gasteiger partial charge in [0.1, 0.15) is 27.8 Å². The van der Waals surface area contributed by atoms with E-state index in [0.717, 1.165) is 11.3 Å². The number of benzene rings is 2. The van der Waals surface area contributed by atoms with Crippen LogP contribution >= 0.6 is 11.3 Å². The Balaban J connectivity index is 1.48. The third kappa shape index (κ3) is 5.30. The molecule has 5 aromatic rings. The highest BCUT2D eigenvalue weighted by Crippen LogP contribution is 2.42. The highest BCUT2D eigenvalue weighted by atomic mass is 32.1. The number of nitrogens with one attached hydrogen (secondary N) is 1. The molecule has 0 unspecified atom stereocenters. The monoisotopic (exact) mass is 549 g/mol. The molecule has 2 aromatic carbocycles. The zero-order valence-electron chi connectivity index (χ0n) is 20.4. The number of para-hydroxylation sites is 2. The van der Waals surface area contributed by atoms with E-state index < -0.39 is 23.9 Å². The smallest absolute Gasteiger partial charge is 0.291 e. The first-order chi connectivity index (χ1) is 18.9. The maximum atomic E-state index is 13.7. The number of carbonyl (C=O) groups excluding carboxylic acids is 2. The van der Waals surface area contributed by atoms with Crippen LogP contribution in [0.3, 0.4) is 0 Å². The van der Waals surface area contributed by atoms with Crippen molar-refractivity contribution in [3.8, 4) is 22.6 Å². The number of hydrogen-bond acceptors (Lipinski definition) is 7. The average Bonchev–Trinajstić information content (AvgIpc) is 3.57. The molecule has 0 aliphatic heterocycles. The molecule has 0 radical (unpaired) electrons. The van der Waals surface area contributed by atoms with Gasteiger partial charge in [-0.3, -0.25) is 9.59 Å². The number of fused-ring (bicyclic) bond motifs is 1. The minimum atomic E-state index is -2.84. The molecular formula is C28H21F2N3O5S. The summed E-state index contributed by atoms with van der Waals surface area (Å²) in [6, 6.07) is 20.1. The van der Waals surface area contributed by atoms with Crippen molar-refractivity contribution in [2.24, 2.45) is 5.73 Å². The lowest BCUT2D eigenvalue weighted by atomic mass is 10.0. The molecule has 0 atom stereocenters. The Morgan fingerprint density at radius 3 is 2.46 bits per heavy atom. The lowest BCUT2D eigenvalue weighted by Crippen LogP contribution is -2.16. The van der Waals surface area contributed by atoms with Gasteiger partial charge in [-0.2, -0.15) is 0 Å². The first-order valence-corrected chi connectivity index (χ1v) is 12.4. The van der Waals surface area contributed by atoms with Crippen LogP contribution in [0.1, 0.15) is 38.1 Å². The molecule has 0 aliphatic carbocycles. The van der Waals surface area contributed by atoms with Gasteiger partial charge in [0.05, 0.1) is 12.8 Å². The van der Waals surface area contributed by atoms with Gasteiger partial charge in [-0.1, -0.05) is 42.5 Å². The number of pyridine rings is 1. The lowest BCUT2D eigenvalue weighted by molar-refractivity contribution is 0.0992. The fourth-order valence-electron chi connectivity index (χ4n) is 4.01. The van der Waals surface area contributed by atoms with Gasteiger partial charge in [0, 0.05) is 5.39 Å². The number of ether oxygens (including phenoxy) is 2. The Hall–Kier alpha value is -4.77. The fourth-order valence-corrected chi connectivity index (χ4v) is 5.02. The first kappa shape index (κ1) is 25.9. The van der Waals surface area contributed by atoms with Crippen molar-refractivity contribution in [1.29, 1.82) is 0 Å². The minimum Gasteiger partial charge on any atom is -0.493 e. The normalized spacial score (nSPS) is 11.1. The number of carbonyl (C=O) groups is 2. The molecule has 2 amide bonds. The number of primary amides is 1. The number of rotatable bonds is 9. The molecule has 0 saturated carbocycles. The second-order valence-electron chi connectivity index (χ2n) is 8.27. The van der Waals surface area contributed by atoms with Crippen molar-refractivity contribution in [2.75, 3.05) is 12.4 Å². The summed E-state index contributed by atoms with van der Waals surface area (Å²) in [6.07, 6.45) is -2.84. The van der Waals surface area contributed by atoms with Crippen molar-refractivity contribution < 1.29 is 32.3 Å². The molecule has 3 heterocycles. The Kier molecular flexibility index (Phi) is 7.24. The molecular weight excluding hydrogens is 528 g/mol. The summed E-state index contributed by atoms with van der Waals surface area (Å²) >= 11 is 0.828. The zero-order valence-corrected chi connectivity index (χ0v) is 21.3. The van der Waals surface area contributed by atoms with E-state index >= 15 is 0 Å². The number of methoxy groups -OCH3 is 1. The van der Waals surface area contributed by atoms with Crippen LogP contribution in [0.2, 0.25) is 0 Å². The van der Waals surface area contributed by atoms with E-state index in [9.17, 15) is 18.4 Å².